The summed E-state index contributed by atoms with van der Waals surface area (Å²) < 4.78 is 13.4. The van der Waals surface area contributed by atoms with Crippen LogP contribution in [0.15, 0.2) is 79.1 Å². The highest BCUT2D eigenvalue weighted by molar-refractivity contribution is 6.15. The van der Waals surface area contributed by atoms with Gasteiger partial charge >= 0.3 is 0 Å². The fourth-order valence-electron chi connectivity index (χ4n) is 4.04. The number of hydrogen-bond donors (Lipinski definition) is 1. The fourth-order valence-corrected chi connectivity index (χ4v) is 4.04. The van der Waals surface area contributed by atoms with Crippen LogP contribution in [-0.4, -0.2) is 32.3 Å². The fraction of sp³-hybridized carbons (Fsp3) is 0.143. The predicted molar refractivity (Wildman–Crippen MR) is 138 cm³/mol. The molecule has 0 aliphatic carbocycles. The largest absolute Gasteiger partial charge is 0.493 e. The Bertz CT molecular complexity index is 1540. The van der Waals surface area contributed by atoms with Crippen molar-refractivity contribution in [3.63, 3.8) is 0 Å². The topological polar surface area (TPSA) is 91.2 Å². The number of benzene rings is 3. The number of fused-ring (bicyclic) bond motifs is 1. The SMILES string of the molecule is CCOc1ccc2ccccc2c1C(=O)Nc1ccc(Oc2cc(-n3nc(C)cc3C)ncn2)cc1. The van der Waals surface area contributed by atoms with E-state index in [-0.39, 0.29) is 5.91 Å². The number of amides is 1. The Kier molecular flexibility index (Phi) is 6.32. The molecular formula is C28H25N5O3. The molecule has 1 N–H and O–H groups in total. The molecule has 0 aliphatic rings. The lowest BCUT2D eigenvalue weighted by molar-refractivity contribution is 0.102. The predicted octanol–water partition coefficient (Wildman–Crippen LogP) is 5.88. The highest BCUT2D eigenvalue weighted by Gasteiger charge is 2.17. The van der Waals surface area contributed by atoms with E-state index in [4.69, 9.17) is 9.47 Å². The van der Waals surface area contributed by atoms with Crippen molar-refractivity contribution in [2.75, 3.05) is 11.9 Å². The van der Waals surface area contributed by atoms with Crippen molar-refractivity contribution >= 4 is 22.4 Å². The summed E-state index contributed by atoms with van der Waals surface area (Å²) in [5.41, 5.74) is 3.01. The standard InChI is InChI=1S/C28H25N5O3/c1-4-35-24-14-9-20-7-5-6-8-23(20)27(24)28(34)31-21-10-12-22(13-11-21)36-26-16-25(29-17-30-26)33-19(3)15-18(2)32-33/h5-17H,4H2,1-3H3,(H,31,34). The van der Waals surface area contributed by atoms with E-state index < -0.39 is 0 Å². The van der Waals surface area contributed by atoms with Crippen LogP contribution in [-0.2, 0) is 0 Å². The van der Waals surface area contributed by atoms with Gasteiger partial charge in [0, 0.05) is 17.4 Å². The summed E-state index contributed by atoms with van der Waals surface area (Å²) >= 11 is 0. The van der Waals surface area contributed by atoms with E-state index in [9.17, 15) is 4.79 Å². The van der Waals surface area contributed by atoms with E-state index in [1.807, 2.05) is 63.2 Å². The van der Waals surface area contributed by atoms with Crippen LogP contribution in [0.25, 0.3) is 16.6 Å². The number of ether oxygens (including phenoxy) is 2. The Labute approximate surface area is 208 Å². The molecule has 8 nitrogen and oxygen atoms in total. The first-order valence-electron chi connectivity index (χ1n) is 11.6. The second kappa shape index (κ2) is 9.87. The van der Waals surface area contributed by atoms with Gasteiger partial charge in [-0.25, -0.2) is 14.6 Å². The first kappa shape index (κ1) is 23.0. The Balaban J connectivity index is 1.34. The molecule has 2 aromatic heterocycles. The van der Waals surface area contributed by atoms with Gasteiger partial charge in [0.2, 0.25) is 5.88 Å². The van der Waals surface area contributed by atoms with Gasteiger partial charge < -0.3 is 14.8 Å². The van der Waals surface area contributed by atoms with Gasteiger partial charge in [-0.2, -0.15) is 5.10 Å². The van der Waals surface area contributed by atoms with E-state index in [1.54, 1.807) is 35.0 Å². The van der Waals surface area contributed by atoms with E-state index in [0.717, 1.165) is 22.2 Å². The van der Waals surface area contributed by atoms with Crippen LogP contribution >= 0.6 is 0 Å². The van der Waals surface area contributed by atoms with Crippen LogP contribution in [0.2, 0.25) is 0 Å². The molecule has 0 saturated heterocycles. The molecule has 0 unspecified atom stereocenters. The molecular weight excluding hydrogens is 454 g/mol. The molecule has 2 heterocycles. The molecule has 0 bridgehead atoms. The van der Waals surface area contributed by atoms with Gasteiger partial charge in [0.05, 0.1) is 17.9 Å². The lowest BCUT2D eigenvalue weighted by Crippen LogP contribution is -2.14. The maximum atomic E-state index is 13.3. The smallest absolute Gasteiger partial charge is 0.260 e. The van der Waals surface area contributed by atoms with Gasteiger partial charge in [-0.05, 0) is 67.9 Å². The summed E-state index contributed by atoms with van der Waals surface area (Å²) in [4.78, 5) is 21.8. The lowest BCUT2D eigenvalue weighted by Gasteiger charge is -2.14. The molecule has 5 rings (SSSR count). The Morgan fingerprint density at radius 2 is 1.78 bits per heavy atom. The van der Waals surface area contributed by atoms with Crippen molar-refractivity contribution < 1.29 is 14.3 Å². The van der Waals surface area contributed by atoms with Crippen LogP contribution in [0.1, 0.15) is 28.7 Å². The Morgan fingerprint density at radius 1 is 0.972 bits per heavy atom. The van der Waals surface area contributed by atoms with Crippen LogP contribution in [0.4, 0.5) is 5.69 Å². The summed E-state index contributed by atoms with van der Waals surface area (Å²) in [7, 11) is 0. The summed E-state index contributed by atoms with van der Waals surface area (Å²) in [6.45, 7) is 6.26. The average molecular weight is 480 g/mol. The van der Waals surface area contributed by atoms with Crippen molar-refractivity contribution in [1.29, 1.82) is 0 Å². The van der Waals surface area contributed by atoms with Gasteiger partial charge in [-0.15, -0.1) is 0 Å². The van der Waals surface area contributed by atoms with Crippen molar-refractivity contribution in [3.8, 4) is 23.2 Å². The summed E-state index contributed by atoms with van der Waals surface area (Å²) in [6.07, 6.45) is 1.44. The van der Waals surface area contributed by atoms with Gasteiger partial charge in [0.25, 0.3) is 5.91 Å². The highest BCUT2D eigenvalue weighted by atomic mass is 16.5. The van der Waals surface area contributed by atoms with Crippen LogP contribution in [0.3, 0.4) is 0 Å². The van der Waals surface area contributed by atoms with Crippen molar-refractivity contribution in [2.24, 2.45) is 0 Å². The van der Waals surface area contributed by atoms with E-state index in [0.29, 0.717) is 41.1 Å². The zero-order valence-electron chi connectivity index (χ0n) is 20.2. The molecule has 0 aliphatic heterocycles. The van der Waals surface area contributed by atoms with E-state index in [2.05, 4.69) is 20.4 Å². The monoisotopic (exact) mass is 479 g/mol. The minimum Gasteiger partial charge on any atom is -0.493 e. The van der Waals surface area contributed by atoms with Gasteiger partial charge in [0.15, 0.2) is 5.82 Å². The summed E-state index contributed by atoms with van der Waals surface area (Å²) in [5.74, 6) is 1.90. The number of hydrogen-bond acceptors (Lipinski definition) is 6. The molecule has 1 amide bonds. The first-order chi connectivity index (χ1) is 17.5. The average Bonchev–Trinajstić information content (AvgIpc) is 3.23. The second-order valence-corrected chi connectivity index (χ2v) is 8.23. The number of nitrogens with zero attached hydrogens (tertiary/aromatic N) is 4. The second-order valence-electron chi connectivity index (χ2n) is 8.23. The van der Waals surface area contributed by atoms with Gasteiger partial charge in [-0.1, -0.05) is 30.3 Å². The highest BCUT2D eigenvalue weighted by Crippen LogP contribution is 2.30. The Hall–Kier alpha value is -4.72. The Morgan fingerprint density at radius 3 is 2.53 bits per heavy atom. The van der Waals surface area contributed by atoms with E-state index >= 15 is 0 Å². The number of carbonyl (C=O) groups is 1. The molecule has 3 aromatic carbocycles. The molecule has 8 heteroatoms. The third kappa shape index (κ3) is 4.74. The molecule has 0 saturated carbocycles. The number of aromatic nitrogens is 4. The third-order valence-corrected chi connectivity index (χ3v) is 5.61. The minimum atomic E-state index is -0.241. The zero-order valence-corrected chi connectivity index (χ0v) is 20.2. The summed E-state index contributed by atoms with van der Waals surface area (Å²) in [5, 5.41) is 9.23. The molecule has 180 valence electrons. The maximum Gasteiger partial charge on any atom is 0.260 e. The number of rotatable bonds is 7. The quantitative estimate of drug-likeness (QED) is 0.314. The van der Waals surface area contributed by atoms with Crippen LogP contribution in [0, 0.1) is 13.8 Å². The number of anilines is 1. The molecule has 0 spiro atoms. The van der Waals surface area contributed by atoms with E-state index in [1.165, 1.54) is 6.33 Å². The normalized spacial score (nSPS) is 10.9. The van der Waals surface area contributed by atoms with Gasteiger partial charge in [0.1, 0.15) is 17.8 Å². The molecule has 0 atom stereocenters. The number of nitrogens with one attached hydrogen (secondary N) is 1. The number of carbonyl (C=O) groups excluding carboxylic acids is 1. The molecule has 36 heavy (non-hydrogen) atoms. The van der Waals surface area contributed by atoms with Gasteiger partial charge in [-0.3, -0.25) is 4.79 Å². The molecule has 0 fully saturated rings. The third-order valence-electron chi connectivity index (χ3n) is 5.61. The van der Waals surface area contributed by atoms with Crippen molar-refractivity contribution in [1.82, 2.24) is 19.7 Å². The zero-order chi connectivity index (χ0) is 25.1. The summed E-state index contributed by atoms with van der Waals surface area (Å²) in [6, 6.07) is 22.3. The minimum absolute atomic E-state index is 0.241. The molecule has 5 aromatic rings. The lowest BCUT2D eigenvalue weighted by atomic mass is 10.0. The maximum absolute atomic E-state index is 13.3. The van der Waals surface area contributed by atoms with Crippen molar-refractivity contribution in [2.45, 2.75) is 20.8 Å². The van der Waals surface area contributed by atoms with Crippen LogP contribution < -0.4 is 14.8 Å². The van der Waals surface area contributed by atoms with Crippen LogP contribution in [0.5, 0.6) is 17.4 Å². The molecule has 0 radical (unpaired) electrons. The van der Waals surface area contributed by atoms with Crippen molar-refractivity contribution in [3.05, 3.63) is 96.1 Å². The number of aryl methyl sites for hydroxylation is 2. The first-order valence-corrected chi connectivity index (χ1v) is 11.6.